The number of rotatable bonds is 7. The van der Waals surface area contributed by atoms with E-state index in [4.69, 9.17) is 23.2 Å². The van der Waals surface area contributed by atoms with Crippen LogP contribution in [0.4, 0.5) is 5.13 Å². The summed E-state index contributed by atoms with van der Waals surface area (Å²) in [4.78, 5) is 17.0. The van der Waals surface area contributed by atoms with Crippen LogP contribution in [0.15, 0.2) is 40.6 Å². The van der Waals surface area contributed by atoms with E-state index in [9.17, 15) is 13.2 Å². The van der Waals surface area contributed by atoms with E-state index in [1.807, 2.05) is 0 Å². The van der Waals surface area contributed by atoms with Crippen molar-refractivity contribution in [3.63, 3.8) is 0 Å². The van der Waals surface area contributed by atoms with Crippen molar-refractivity contribution in [1.29, 1.82) is 0 Å². The van der Waals surface area contributed by atoms with Crippen molar-refractivity contribution in [1.82, 2.24) is 9.29 Å². The number of nitrogens with one attached hydrogen (secondary N) is 1. The lowest BCUT2D eigenvalue weighted by atomic mass is 10.2. The first kappa shape index (κ1) is 22.2. The van der Waals surface area contributed by atoms with Gasteiger partial charge in [-0.1, -0.05) is 37.0 Å². The number of benzene rings is 1. The number of aromatic nitrogens is 1. The second-order valence-electron chi connectivity index (χ2n) is 5.84. The molecule has 1 amide bonds. The molecule has 29 heavy (non-hydrogen) atoms. The average Bonchev–Trinajstić information content (AvgIpc) is 3.28. The summed E-state index contributed by atoms with van der Waals surface area (Å²) in [6.07, 6.45) is 0. The highest BCUT2D eigenvalue weighted by molar-refractivity contribution is 7.89. The Morgan fingerprint density at radius 2 is 1.83 bits per heavy atom. The fourth-order valence-electron chi connectivity index (χ4n) is 2.63. The fourth-order valence-corrected chi connectivity index (χ4v) is 6.27. The van der Waals surface area contributed by atoms with Crippen LogP contribution < -0.4 is 5.32 Å². The summed E-state index contributed by atoms with van der Waals surface area (Å²) in [6.45, 7) is 4.32. The molecule has 0 unspecified atom stereocenters. The number of thiophene rings is 1. The van der Waals surface area contributed by atoms with Crippen LogP contribution in [0.25, 0.3) is 11.3 Å². The molecule has 6 nitrogen and oxygen atoms in total. The van der Waals surface area contributed by atoms with Crippen LogP contribution in [-0.2, 0) is 10.0 Å². The van der Waals surface area contributed by atoms with Crippen LogP contribution in [0.5, 0.6) is 0 Å². The SMILES string of the molecule is CCN(CC)S(=O)(=O)c1ccc(C(=O)Nc2nc(-c3cc(Cl)sc3Cl)cs2)cc1. The molecular formula is C18H17Cl2N3O3S3. The highest BCUT2D eigenvalue weighted by atomic mass is 35.5. The minimum absolute atomic E-state index is 0.151. The first-order valence-electron chi connectivity index (χ1n) is 8.58. The van der Waals surface area contributed by atoms with Gasteiger partial charge in [0.2, 0.25) is 10.0 Å². The van der Waals surface area contributed by atoms with Gasteiger partial charge < -0.3 is 0 Å². The molecule has 2 aromatic heterocycles. The van der Waals surface area contributed by atoms with Crippen LogP contribution in [0, 0.1) is 0 Å². The lowest BCUT2D eigenvalue weighted by Crippen LogP contribution is -2.30. The minimum Gasteiger partial charge on any atom is -0.298 e. The molecule has 0 aliphatic rings. The Labute approximate surface area is 187 Å². The molecule has 0 spiro atoms. The molecule has 0 aliphatic carbocycles. The minimum atomic E-state index is -3.56. The Bertz CT molecular complexity index is 1120. The van der Waals surface area contributed by atoms with Crippen molar-refractivity contribution in [3.05, 3.63) is 49.9 Å². The second kappa shape index (κ2) is 9.11. The molecule has 3 aromatic rings. The number of hydrogen-bond donors (Lipinski definition) is 1. The third-order valence-electron chi connectivity index (χ3n) is 4.12. The molecule has 2 heterocycles. The molecule has 0 bridgehead atoms. The van der Waals surface area contributed by atoms with Gasteiger partial charge in [0.15, 0.2) is 5.13 Å². The molecule has 0 fully saturated rings. The van der Waals surface area contributed by atoms with E-state index in [0.29, 0.717) is 43.7 Å². The number of thiazole rings is 1. The average molecular weight is 490 g/mol. The normalized spacial score (nSPS) is 11.8. The summed E-state index contributed by atoms with van der Waals surface area (Å²) in [5, 5.41) is 4.90. The van der Waals surface area contributed by atoms with Crippen molar-refractivity contribution < 1.29 is 13.2 Å². The van der Waals surface area contributed by atoms with Crippen LogP contribution in [0.1, 0.15) is 24.2 Å². The summed E-state index contributed by atoms with van der Waals surface area (Å²) < 4.78 is 27.5. The number of amides is 1. The van der Waals surface area contributed by atoms with Crippen molar-refractivity contribution in [2.45, 2.75) is 18.7 Å². The first-order chi connectivity index (χ1) is 13.8. The lowest BCUT2D eigenvalue weighted by molar-refractivity contribution is 0.102. The molecule has 1 aromatic carbocycles. The van der Waals surface area contributed by atoms with Gasteiger partial charge in [-0.2, -0.15) is 4.31 Å². The van der Waals surface area contributed by atoms with Crippen molar-refractivity contribution in [3.8, 4) is 11.3 Å². The molecule has 0 aliphatic heterocycles. The zero-order valence-electron chi connectivity index (χ0n) is 15.5. The van der Waals surface area contributed by atoms with Crippen LogP contribution in [0.2, 0.25) is 8.67 Å². The molecular weight excluding hydrogens is 473 g/mol. The van der Waals surface area contributed by atoms with Crippen molar-refractivity contribution in [2.75, 3.05) is 18.4 Å². The Hall–Kier alpha value is -1.49. The Morgan fingerprint density at radius 1 is 1.17 bits per heavy atom. The van der Waals surface area contributed by atoms with E-state index in [-0.39, 0.29) is 10.8 Å². The smallest absolute Gasteiger partial charge is 0.257 e. The van der Waals surface area contributed by atoms with E-state index in [1.54, 1.807) is 25.3 Å². The van der Waals surface area contributed by atoms with Gasteiger partial charge >= 0.3 is 0 Å². The fraction of sp³-hybridized carbons (Fsp3) is 0.222. The third-order valence-corrected chi connectivity index (χ3v) is 8.43. The van der Waals surface area contributed by atoms with Gasteiger partial charge in [-0.05, 0) is 30.3 Å². The van der Waals surface area contributed by atoms with E-state index in [1.165, 1.54) is 51.2 Å². The van der Waals surface area contributed by atoms with E-state index in [0.717, 1.165) is 0 Å². The Balaban J connectivity index is 1.74. The van der Waals surface area contributed by atoms with E-state index < -0.39 is 10.0 Å². The summed E-state index contributed by atoms with van der Waals surface area (Å²) >= 11 is 14.6. The predicted molar refractivity (Wildman–Crippen MR) is 120 cm³/mol. The number of halogens is 2. The van der Waals surface area contributed by atoms with Gasteiger partial charge in [-0.15, -0.1) is 22.7 Å². The van der Waals surface area contributed by atoms with Gasteiger partial charge in [-0.25, -0.2) is 13.4 Å². The van der Waals surface area contributed by atoms with Gasteiger partial charge in [0, 0.05) is 29.6 Å². The van der Waals surface area contributed by atoms with Crippen LogP contribution in [0.3, 0.4) is 0 Å². The third kappa shape index (κ3) is 4.82. The van der Waals surface area contributed by atoms with Gasteiger partial charge in [-0.3, -0.25) is 10.1 Å². The molecule has 1 N–H and O–H groups in total. The molecule has 11 heteroatoms. The number of hydrogen-bond acceptors (Lipinski definition) is 6. The molecule has 0 radical (unpaired) electrons. The van der Waals surface area contributed by atoms with Crippen LogP contribution >= 0.6 is 45.9 Å². The topological polar surface area (TPSA) is 79.4 Å². The summed E-state index contributed by atoms with van der Waals surface area (Å²) in [5.41, 5.74) is 1.67. The predicted octanol–water partition coefficient (Wildman–Crippen LogP) is 5.46. The maximum absolute atomic E-state index is 12.5. The van der Waals surface area contributed by atoms with E-state index >= 15 is 0 Å². The van der Waals surface area contributed by atoms with E-state index in [2.05, 4.69) is 10.3 Å². The van der Waals surface area contributed by atoms with Gasteiger partial charge in [0.05, 0.1) is 14.9 Å². The summed E-state index contributed by atoms with van der Waals surface area (Å²) in [7, 11) is -3.56. The quantitative estimate of drug-likeness (QED) is 0.477. The largest absolute Gasteiger partial charge is 0.298 e. The van der Waals surface area contributed by atoms with Crippen molar-refractivity contribution >= 4 is 66.9 Å². The van der Waals surface area contributed by atoms with Gasteiger partial charge in [0.1, 0.15) is 4.34 Å². The highest BCUT2D eigenvalue weighted by Crippen LogP contribution is 2.39. The second-order valence-corrected chi connectivity index (χ2v) is 10.9. The van der Waals surface area contributed by atoms with Crippen LogP contribution in [-0.4, -0.2) is 36.7 Å². The highest BCUT2D eigenvalue weighted by Gasteiger charge is 2.22. The number of nitrogens with zero attached hydrogens (tertiary/aromatic N) is 2. The number of carbonyl (C=O) groups is 1. The monoisotopic (exact) mass is 489 g/mol. The summed E-state index contributed by atoms with van der Waals surface area (Å²) in [5.74, 6) is -0.382. The zero-order chi connectivity index (χ0) is 21.2. The molecule has 0 atom stereocenters. The Kier molecular flexibility index (Phi) is 6.98. The first-order valence-corrected chi connectivity index (χ1v) is 12.5. The van der Waals surface area contributed by atoms with Crippen molar-refractivity contribution in [2.24, 2.45) is 0 Å². The molecule has 0 saturated carbocycles. The molecule has 154 valence electrons. The lowest BCUT2D eigenvalue weighted by Gasteiger charge is -2.18. The number of sulfonamides is 1. The number of carbonyl (C=O) groups excluding carboxylic acids is 1. The zero-order valence-corrected chi connectivity index (χ0v) is 19.4. The molecule has 3 rings (SSSR count). The maximum atomic E-state index is 12.5. The maximum Gasteiger partial charge on any atom is 0.257 e. The summed E-state index contributed by atoms with van der Waals surface area (Å²) in [6, 6.07) is 7.56. The number of anilines is 1. The Morgan fingerprint density at radius 3 is 2.38 bits per heavy atom. The molecule has 0 saturated heterocycles. The van der Waals surface area contributed by atoms with Gasteiger partial charge in [0.25, 0.3) is 5.91 Å². The standard InChI is InChI=1S/C18H17Cl2N3O3S3/c1-3-23(4-2)29(25,26)12-7-5-11(6-8-12)17(24)22-18-21-14(10-27-18)13-9-15(19)28-16(13)20/h5-10H,3-4H2,1-2H3,(H,21,22,24).